The molecular formula is C23H18F3N3O4S2. The minimum atomic E-state index is -4.51. The molecule has 0 atom stereocenters. The average molecular weight is 522 g/mol. The van der Waals surface area contributed by atoms with Crippen molar-refractivity contribution in [3.8, 4) is 21.0 Å². The number of nitrogens with one attached hydrogen (secondary N) is 1. The van der Waals surface area contributed by atoms with Crippen molar-refractivity contribution in [1.29, 1.82) is 0 Å². The smallest absolute Gasteiger partial charge is 0.416 e. The van der Waals surface area contributed by atoms with Gasteiger partial charge in [-0.25, -0.2) is 4.98 Å². The lowest BCUT2D eigenvalue weighted by atomic mass is 10.1. The molecule has 0 aliphatic carbocycles. The second kappa shape index (κ2) is 11.1. The summed E-state index contributed by atoms with van der Waals surface area (Å²) in [6.45, 7) is 0. The Morgan fingerprint density at radius 1 is 1.11 bits per heavy atom. The molecule has 0 radical (unpaired) electrons. The minimum Gasteiger partial charge on any atom is -0.481 e. The average Bonchev–Trinajstić information content (AvgIpc) is 3.46. The van der Waals surface area contributed by atoms with Crippen LogP contribution in [0.4, 0.5) is 18.9 Å². The number of benzene rings is 1. The molecule has 7 nitrogen and oxygen atoms in total. The van der Waals surface area contributed by atoms with Crippen molar-refractivity contribution in [2.45, 2.75) is 19.0 Å². The molecule has 0 aliphatic rings. The zero-order valence-electron chi connectivity index (χ0n) is 17.8. The predicted octanol–water partition coefficient (Wildman–Crippen LogP) is 5.62. The van der Waals surface area contributed by atoms with E-state index in [2.05, 4.69) is 16.0 Å². The number of nitrogens with zero attached hydrogens (tertiary/aromatic N) is 1. The van der Waals surface area contributed by atoms with Gasteiger partial charge in [-0.1, -0.05) is 18.2 Å². The van der Waals surface area contributed by atoms with E-state index in [0.29, 0.717) is 26.5 Å². The Balaban J connectivity index is 0.00000108. The number of aliphatic carboxylic acids is 1. The number of hydrogen-bond donors (Lipinski definition) is 3. The number of carboxylic acid groups (broad SMARTS) is 1. The maximum Gasteiger partial charge on any atom is 0.416 e. The van der Waals surface area contributed by atoms with Crippen molar-refractivity contribution in [1.82, 2.24) is 4.98 Å². The summed E-state index contributed by atoms with van der Waals surface area (Å²) in [4.78, 5) is 38.3. The lowest BCUT2D eigenvalue weighted by Crippen LogP contribution is -2.13. The SMILES string of the molecule is NC=O.O=C(O)CCC(=O)Nc1c(-c2cccc(C(F)(F)F)c2)sc2nc(-c3cccs3)ccc12. The number of carbonyl (C=O) groups excluding carboxylic acids is 2. The van der Waals surface area contributed by atoms with Gasteiger partial charge in [0.25, 0.3) is 0 Å². The molecule has 182 valence electrons. The number of pyridine rings is 1. The van der Waals surface area contributed by atoms with E-state index in [-0.39, 0.29) is 24.8 Å². The predicted molar refractivity (Wildman–Crippen MR) is 129 cm³/mol. The van der Waals surface area contributed by atoms with Crippen molar-refractivity contribution in [3.63, 3.8) is 0 Å². The van der Waals surface area contributed by atoms with E-state index >= 15 is 0 Å². The standard InChI is InChI=1S/C22H15F3N2O3S2.CH3NO/c23-22(24,25)13-4-1-3-12(11-13)20-19(27-17(28)8-9-18(29)30)14-6-7-15(26-21(14)32-20)16-5-2-10-31-16;2-1-3/h1-7,10-11H,8-9H2,(H,27,28)(H,29,30);1H,(H2,2,3). The maximum absolute atomic E-state index is 13.3. The van der Waals surface area contributed by atoms with Crippen molar-refractivity contribution >= 4 is 56.9 Å². The van der Waals surface area contributed by atoms with Crippen molar-refractivity contribution < 1.29 is 32.7 Å². The summed E-state index contributed by atoms with van der Waals surface area (Å²) in [6, 6.07) is 12.2. The Hall–Kier alpha value is -3.77. The number of carbonyl (C=O) groups is 3. The molecule has 4 aromatic rings. The lowest BCUT2D eigenvalue weighted by Gasteiger charge is -2.10. The highest BCUT2D eigenvalue weighted by Gasteiger charge is 2.31. The zero-order valence-corrected chi connectivity index (χ0v) is 19.5. The van der Waals surface area contributed by atoms with Crippen LogP contribution in [0, 0.1) is 0 Å². The van der Waals surface area contributed by atoms with Crippen LogP contribution in [0.3, 0.4) is 0 Å². The Morgan fingerprint density at radius 3 is 2.49 bits per heavy atom. The number of alkyl halides is 3. The van der Waals surface area contributed by atoms with E-state index in [0.717, 1.165) is 17.0 Å². The molecule has 4 N–H and O–H groups in total. The van der Waals surface area contributed by atoms with E-state index in [1.807, 2.05) is 17.5 Å². The number of hydrogen-bond acceptors (Lipinski definition) is 6. The van der Waals surface area contributed by atoms with Crippen molar-refractivity contribution in [3.05, 3.63) is 59.5 Å². The topological polar surface area (TPSA) is 122 Å². The van der Waals surface area contributed by atoms with Gasteiger partial charge < -0.3 is 16.2 Å². The first kappa shape index (κ1) is 25.8. The molecule has 0 spiro atoms. The van der Waals surface area contributed by atoms with E-state index in [9.17, 15) is 22.8 Å². The normalized spacial score (nSPS) is 10.9. The number of anilines is 1. The molecule has 0 unspecified atom stereocenters. The highest BCUT2D eigenvalue weighted by atomic mass is 32.1. The number of primary amides is 1. The molecule has 35 heavy (non-hydrogen) atoms. The second-order valence-electron chi connectivity index (χ2n) is 6.99. The molecule has 3 aromatic heterocycles. The van der Waals surface area contributed by atoms with Crippen LogP contribution in [-0.2, 0) is 20.6 Å². The van der Waals surface area contributed by atoms with E-state index in [1.54, 1.807) is 12.1 Å². The number of amides is 2. The van der Waals surface area contributed by atoms with Gasteiger partial charge in [-0.2, -0.15) is 13.2 Å². The summed E-state index contributed by atoms with van der Waals surface area (Å²) < 4.78 is 39.8. The van der Waals surface area contributed by atoms with E-state index in [4.69, 9.17) is 9.90 Å². The van der Waals surface area contributed by atoms with Gasteiger partial charge >= 0.3 is 12.1 Å². The van der Waals surface area contributed by atoms with Gasteiger partial charge in [0.2, 0.25) is 12.3 Å². The van der Waals surface area contributed by atoms with Gasteiger partial charge in [-0.05, 0) is 41.3 Å². The third-order valence-corrected chi connectivity index (χ3v) is 6.65. The molecule has 12 heteroatoms. The van der Waals surface area contributed by atoms with Gasteiger partial charge in [0.1, 0.15) is 4.83 Å². The first-order valence-corrected chi connectivity index (χ1v) is 11.7. The van der Waals surface area contributed by atoms with Gasteiger partial charge in [-0.3, -0.25) is 14.4 Å². The quantitative estimate of drug-likeness (QED) is 0.285. The Bertz CT molecular complexity index is 1350. The number of fused-ring (bicyclic) bond motifs is 1. The fourth-order valence-electron chi connectivity index (χ4n) is 3.13. The van der Waals surface area contributed by atoms with Crippen molar-refractivity contribution in [2.24, 2.45) is 5.73 Å². The van der Waals surface area contributed by atoms with Gasteiger partial charge in [0.15, 0.2) is 0 Å². The summed E-state index contributed by atoms with van der Waals surface area (Å²) in [7, 11) is 0. The summed E-state index contributed by atoms with van der Waals surface area (Å²) in [5, 5.41) is 14.0. The molecule has 3 heterocycles. The minimum absolute atomic E-state index is 0.250. The first-order chi connectivity index (χ1) is 16.6. The van der Waals surface area contributed by atoms with E-state index in [1.165, 1.54) is 34.8 Å². The molecule has 4 rings (SSSR count). The third kappa shape index (κ3) is 6.43. The fourth-order valence-corrected chi connectivity index (χ4v) is 4.95. The van der Waals surface area contributed by atoms with Crippen LogP contribution in [0.2, 0.25) is 0 Å². The number of nitrogens with two attached hydrogens (primary N) is 1. The Labute approximate surface area is 205 Å². The molecule has 2 amide bonds. The number of aromatic nitrogens is 1. The molecule has 0 bridgehead atoms. The zero-order chi connectivity index (χ0) is 25.6. The van der Waals surface area contributed by atoms with E-state index < -0.39 is 23.6 Å². The van der Waals surface area contributed by atoms with Gasteiger partial charge in [-0.15, -0.1) is 22.7 Å². The third-order valence-electron chi connectivity index (χ3n) is 4.61. The monoisotopic (exact) mass is 521 g/mol. The van der Waals surface area contributed by atoms with Crippen LogP contribution < -0.4 is 11.1 Å². The van der Waals surface area contributed by atoms with Gasteiger partial charge in [0, 0.05) is 11.8 Å². The summed E-state index contributed by atoms with van der Waals surface area (Å²) >= 11 is 2.68. The van der Waals surface area contributed by atoms with Crippen LogP contribution >= 0.6 is 22.7 Å². The van der Waals surface area contributed by atoms with Crippen LogP contribution in [0.1, 0.15) is 18.4 Å². The Morgan fingerprint density at radius 2 is 1.86 bits per heavy atom. The van der Waals surface area contributed by atoms with Crippen molar-refractivity contribution in [2.75, 3.05) is 5.32 Å². The number of rotatable bonds is 6. The lowest BCUT2D eigenvalue weighted by molar-refractivity contribution is -0.138. The van der Waals surface area contributed by atoms with Gasteiger partial charge in [0.05, 0.1) is 33.1 Å². The molecule has 1 aromatic carbocycles. The summed E-state index contributed by atoms with van der Waals surface area (Å²) in [5.74, 6) is -1.65. The second-order valence-corrected chi connectivity index (χ2v) is 8.94. The summed E-state index contributed by atoms with van der Waals surface area (Å²) in [6.07, 6.45) is -4.87. The molecule has 0 fully saturated rings. The maximum atomic E-state index is 13.3. The molecule has 0 saturated carbocycles. The van der Waals surface area contributed by atoms with Crippen LogP contribution in [-0.4, -0.2) is 28.4 Å². The number of halogens is 3. The molecular weight excluding hydrogens is 503 g/mol. The number of thiophene rings is 2. The molecule has 0 saturated heterocycles. The number of carboxylic acids is 1. The summed E-state index contributed by atoms with van der Waals surface area (Å²) in [5.41, 5.74) is 4.69. The van der Waals surface area contributed by atoms with Crippen LogP contribution in [0.25, 0.3) is 31.2 Å². The Kier molecular flexibility index (Phi) is 8.20. The van der Waals surface area contributed by atoms with Crippen LogP contribution in [0.5, 0.6) is 0 Å². The molecule has 0 aliphatic heterocycles. The first-order valence-electron chi connectivity index (χ1n) is 9.96. The van der Waals surface area contributed by atoms with Crippen LogP contribution in [0.15, 0.2) is 53.9 Å². The fraction of sp³-hybridized carbons (Fsp3) is 0.130. The largest absolute Gasteiger partial charge is 0.481 e. The highest BCUT2D eigenvalue weighted by molar-refractivity contribution is 7.22. The highest BCUT2D eigenvalue weighted by Crippen LogP contribution is 2.44.